The molecule has 1 aliphatic heterocycles. The Balaban J connectivity index is 2.20. The SMILES string of the molecule is C/C(=C\c1cnc(/C=N/OCCC(C)C)s1)C1CCC(C)(O)CCC[C@H](C)C(O)C(C)C(=O)C(C)C(O)CC(=O)O1. The summed E-state index contributed by atoms with van der Waals surface area (Å²) in [4.78, 5) is 36.4. The van der Waals surface area contributed by atoms with Gasteiger partial charge in [-0.05, 0) is 69.4 Å². The van der Waals surface area contributed by atoms with Gasteiger partial charge in [0.05, 0.1) is 24.2 Å². The predicted molar refractivity (Wildman–Crippen MR) is 161 cm³/mol. The van der Waals surface area contributed by atoms with Gasteiger partial charge in [-0.2, -0.15) is 0 Å². The second-order valence-electron chi connectivity index (χ2n) is 12.4. The lowest BCUT2D eigenvalue weighted by Gasteiger charge is -2.30. The highest BCUT2D eigenvalue weighted by atomic mass is 32.1. The molecule has 7 atom stereocenters. The van der Waals surface area contributed by atoms with Crippen molar-refractivity contribution in [2.45, 2.75) is 117 Å². The Morgan fingerprint density at radius 2 is 1.93 bits per heavy atom. The molecule has 10 heteroatoms. The van der Waals surface area contributed by atoms with Crippen molar-refractivity contribution < 1.29 is 34.5 Å². The molecule has 1 aromatic heterocycles. The minimum atomic E-state index is -1.23. The van der Waals surface area contributed by atoms with Crippen LogP contribution in [0.15, 0.2) is 16.9 Å². The van der Waals surface area contributed by atoms with Gasteiger partial charge >= 0.3 is 5.97 Å². The standard InChI is InChI=1S/C31H50N2O7S/c1-19(2)11-14-39-33-18-27-32-17-24(41-27)15-21(4)26-10-13-31(7,38)12-8-9-20(3)29(36)23(6)30(37)22(5)25(34)16-28(35)40-26/h15,17-20,22-23,25-26,29,34,36,38H,8-14,16H2,1-7H3/b21-15+,33-18+/t20-,22?,23?,25?,26?,29?,31?/m0/s1. The van der Waals surface area contributed by atoms with Crippen molar-refractivity contribution in [2.75, 3.05) is 6.61 Å². The van der Waals surface area contributed by atoms with Crippen LogP contribution in [0.1, 0.15) is 103 Å². The number of aliphatic hydroxyl groups excluding tert-OH is 2. The number of ether oxygens (including phenoxy) is 1. The van der Waals surface area contributed by atoms with Crippen LogP contribution in [0, 0.1) is 23.7 Å². The number of nitrogens with zero attached hydrogens (tertiary/aromatic N) is 2. The highest BCUT2D eigenvalue weighted by molar-refractivity contribution is 7.14. The van der Waals surface area contributed by atoms with E-state index < -0.39 is 41.7 Å². The third-order valence-corrected chi connectivity index (χ3v) is 8.86. The molecule has 41 heavy (non-hydrogen) atoms. The number of oxime groups is 1. The van der Waals surface area contributed by atoms with Crippen LogP contribution < -0.4 is 0 Å². The lowest BCUT2D eigenvalue weighted by atomic mass is 9.81. The number of hydrogen-bond acceptors (Lipinski definition) is 10. The first-order chi connectivity index (χ1) is 19.2. The topological polar surface area (TPSA) is 139 Å². The lowest BCUT2D eigenvalue weighted by molar-refractivity contribution is -0.152. The fraction of sp³-hybridized carbons (Fsp3) is 0.742. The normalized spacial score (nSPS) is 31.9. The molecule has 0 radical (unpaired) electrons. The van der Waals surface area contributed by atoms with Gasteiger partial charge in [-0.15, -0.1) is 11.3 Å². The van der Waals surface area contributed by atoms with Gasteiger partial charge in [0.1, 0.15) is 29.7 Å². The smallest absolute Gasteiger partial charge is 0.309 e. The lowest BCUT2D eigenvalue weighted by Crippen LogP contribution is -2.39. The first kappa shape index (κ1) is 35.1. The van der Waals surface area contributed by atoms with Crippen molar-refractivity contribution in [2.24, 2.45) is 28.8 Å². The molecule has 0 spiro atoms. The molecule has 6 unspecified atom stereocenters. The third-order valence-electron chi connectivity index (χ3n) is 7.98. The van der Waals surface area contributed by atoms with Gasteiger partial charge in [0.15, 0.2) is 0 Å². The van der Waals surface area contributed by atoms with E-state index in [4.69, 9.17) is 9.57 Å². The van der Waals surface area contributed by atoms with Crippen LogP contribution in [0.2, 0.25) is 0 Å². The number of carbonyl (C=O) groups excluding carboxylic acids is 2. The van der Waals surface area contributed by atoms with E-state index in [0.717, 1.165) is 16.9 Å². The molecule has 232 valence electrons. The van der Waals surface area contributed by atoms with E-state index in [2.05, 4.69) is 24.0 Å². The molecule has 1 fully saturated rings. The highest BCUT2D eigenvalue weighted by Crippen LogP contribution is 2.29. The molecule has 0 bridgehead atoms. The van der Waals surface area contributed by atoms with E-state index in [1.165, 1.54) is 11.3 Å². The number of carbonyl (C=O) groups is 2. The van der Waals surface area contributed by atoms with Gasteiger partial charge < -0.3 is 24.9 Å². The minimum absolute atomic E-state index is 0.147. The van der Waals surface area contributed by atoms with Gasteiger partial charge in [-0.3, -0.25) is 9.59 Å². The zero-order valence-corrected chi connectivity index (χ0v) is 26.5. The Hall–Kier alpha value is -2.14. The highest BCUT2D eigenvalue weighted by Gasteiger charge is 2.35. The number of aliphatic hydroxyl groups is 3. The maximum Gasteiger partial charge on any atom is 0.309 e. The maximum absolute atomic E-state index is 13.0. The first-order valence-electron chi connectivity index (χ1n) is 14.8. The first-order valence-corrected chi connectivity index (χ1v) is 15.6. The zero-order chi connectivity index (χ0) is 30.7. The minimum Gasteiger partial charge on any atom is -0.458 e. The summed E-state index contributed by atoms with van der Waals surface area (Å²) in [6, 6.07) is 0. The van der Waals surface area contributed by atoms with Crippen molar-refractivity contribution in [3.05, 3.63) is 21.7 Å². The van der Waals surface area contributed by atoms with Gasteiger partial charge in [-0.1, -0.05) is 46.2 Å². The van der Waals surface area contributed by atoms with E-state index in [9.17, 15) is 24.9 Å². The average molecular weight is 595 g/mol. The Kier molecular flexibility index (Phi) is 14.1. The molecule has 3 N–H and O–H groups in total. The van der Waals surface area contributed by atoms with Gasteiger partial charge in [0.2, 0.25) is 0 Å². The second-order valence-corrected chi connectivity index (χ2v) is 13.5. The van der Waals surface area contributed by atoms with Crippen molar-refractivity contribution >= 4 is 35.4 Å². The van der Waals surface area contributed by atoms with Crippen molar-refractivity contribution in [1.29, 1.82) is 0 Å². The van der Waals surface area contributed by atoms with Crippen LogP contribution in [0.25, 0.3) is 6.08 Å². The summed E-state index contributed by atoms with van der Waals surface area (Å²) in [6.45, 7) is 13.6. The third kappa shape index (κ3) is 11.9. The largest absolute Gasteiger partial charge is 0.458 e. The fourth-order valence-electron chi connectivity index (χ4n) is 4.91. The Morgan fingerprint density at radius 1 is 1.22 bits per heavy atom. The Morgan fingerprint density at radius 3 is 2.61 bits per heavy atom. The fourth-order valence-corrected chi connectivity index (χ4v) is 5.70. The number of rotatable bonds is 7. The van der Waals surface area contributed by atoms with Crippen LogP contribution in [0.4, 0.5) is 0 Å². The van der Waals surface area contributed by atoms with Crippen LogP contribution in [-0.2, 0) is 19.2 Å². The monoisotopic (exact) mass is 594 g/mol. The van der Waals surface area contributed by atoms with Crippen LogP contribution in [0.3, 0.4) is 0 Å². The summed E-state index contributed by atoms with van der Waals surface area (Å²) in [5.41, 5.74) is -0.217. The quantitative estimate of drug-likeness (QED) is 0.170. The zero-order valence-electron chi connectivity index (χ0n) is 25.7. The molecule has 0 aliphatic carbocycles. The Bertz CT molecular complexity index is 1040. The molecule has 1 saturated heterocycles. The molecule has 0 saturated carbocycles. The van der Waals surface area contributed by atoms with Crippen LogP contribution >= 0.6 is 11.3 Å². The van der Waals surface area contributed by atoms with E-state index in [1.54, 1.807) is 33.2 Å². The summed E-state index contributed by atoms with van der Waals surface area (Å²) in [5.74, 6) is -2.03. The van der Waals surface area contributed by atoms with Crippen molar-refractivity contribution in [3.8, 4) is 0 Å². The predicted octanol–water partition coefficient (Wildman–Crippen LogP) is 5.16. The molecule has 2 rings (SSSR count). The second kappa shape index (κ2) is 16.5. The number of ketones is 1. The number of esters is 1. The Labute approximate surface area is 249 Å². The van der Waals surface area contributed by atoms with Crippen LogP contribution in [-0.4, -0.2) is 68.8 Å². The number of thiazole rings is 1. The molecular weight excluding hydrogens is 544 g/mol. The van der Waals surface area contributed by atoms with E-state index in [-0.39, 0.29) is 18.1 Å². The van der Waals surface area contributed by atoms with E-state index in [0.29, 0.717) is 49.6 Å². The maximum atomic E-state index is 13.0. The summed E-state index contributed by atoms with van der Waals surface area (Å²) >= 11 is 1.42. The molecule has 2 heterocycles. The van der Waals surface area contributed by atoms with E-state index >= 15 is 0 Å². The molecule has 9 nitrogen and oxygen atoms in total. The molecule has 0 aromatic carbocycles. The van der Waals surface area contributed by atoms with Gasteiger partial charge in [0.25, 0.3) is 0 Å². The van der Waals surface area contributed by atoms with Crippen LogP contribution in [0.5, 0.6) is 0 Å². The molecule has 0 amide bonds. The van der Waals surface area contributed by atoms with E-state index in [1.807, 2.05) is 19.9 Å². The summed E-state index contributed by atoms with van der Waals surface area (Å²) < 4.78 is 5.81. The average Bonchev–Trinajstić information content (AvgIpc) is 3.34. The number of cyclic esters (lactones) is 1. The molecular formula is C31H50N2O7S. The van der Waals surface area contributed by atoms with Crippen molar-refractivity contribution in [3.63, 3.8) is 0 Å². The summed E-state index contributed by atoms with van der Waals surface area (Å²) in [6.07, 6.45) is 5.67. The molecule has 1 aliphatic rings. The number of aromatic nitrogens is 1. The number of Topliss-reactive ketones (excluding diaryl/α,β-unsaturated/α-hetero) is 1. The summed E-state index contributed by atoms with van der Waals surface area (Å²) in [5, 5.41) is 37.2. The van der Waals surface area contributed by atoms with Crippen molar-refractivity contribution in [1.82, 2.24) is 4.98 Å². The number of hydrogen-bond donors (Lipinski definition) is 3. The van der Waals surface area contributed by atoms with Gasteiger partial charge in [-0.25, -0.2) is 4.98 Å². The summed E-state index contributed by atoms with van der Waals surface area (Å²) in [7, 11) is 0. The van der Waals surface area contributed by atoms with Gasteiger partial charge in [0, 0.05) is 22.9 Å². The molecule has 1 aromatic rings.